The standard InChI is InChI=1S/C15H13Cl3N4O/c1-4-11-12-14(19-7(2)20-15(12)23-3)22(21-11)13-9(17)5-8(16)6-10(13)18/h5-6H,4H2,1-3H3. The number of hydrogen-bond acceptors (Lipinski definition) is 4. The lowest BCUT2D eigenvalue weighted by Crippen LogP contribution is -2.02. The summed E-state index contributed by atoms with van der Waals surface area (Å²) in [5, 5.41) is 6.60. The summed E-state index contributed by atoms with van der Waals surface area (Å²) < 4.78 is 7.01. The van der Waals surface area contributed by atoms with E-state index in [0.717, 1.165) is 11.1 Å². The Morgan fingerprint density at radius 2 is 1.78 bits per heavy atom. The zero-order chi connectivity index (χ0) is 16.7. The second kappa shape index (κ2) is 6.15. The molecule has 0 saturated heterocycles. The van der Waals surface area contributed by atoms with Crippen LogP contribution in [0.15, 0.2) is 12.1 Å². The molecule has 0 unspecified atom stereocenters. The van der Waals surface area contributed by atoms with E-state index in [4.69, 9.17) is 39.5 Å². The third-order valence-electron chi connectivity index (χ3n) is 3.40. The van der Waals surface area contributed by atoms with E-state index in [1.807, 2.05) is 6.92 Å². The van der Waals surface area contributed by atoms with Crippen molar-refractivity contribution >= 4 is 45.8 Å². The average Bonchev–Trinajstić information content (AvgIpc) is 2.84. The highest BCUT2D eigenvalue weighted by Crippen LogP contribution is 2.35. The Bertz CT molecular complexity index is 884. The van der Waals surface area contributed by atoms with Gasteiger partial charge in [0.1, 0.15) is 16.9 Å². The quantitative estimate of drug-likeness (QED) is 0.672. The van der Waals surface area contributed by atoms with Crippen LogP contribution in [0.1, 0.15) is 18.4 Å². The summed E-state index contributed by atoms with van der Waals surface area (Å²) in [5.74, 6) is 1.05. The molecule has 23 heavy (non-hydrogen) atoms. The van der Waals surface area contributed by atoms with Crippen LogP contribution in [0.3, 0.4) is 0 Å². The molecule has 0 saturated carbocycles. The Labute approximate surface area is 148 Å². The Morgan fingerprint density at radius 3 is 2.35 bits per heavy atom. The molecule has 0 spiro atoms. The second-order valence-electron chi connectivity index (χ2n) is 4.91. The molecule has 0 atom stereocenters. The Balaban J connectivity index is 2.42. The monoisotopic (exact) mass is 370 g/mol. The highest BCUT2D eigenvalue weighted by molar-refractivity contribution is 6.40. The van der Waals surface area contributed by atoms with Gasteiger partial charge in [-0.3, -0.25) is 0 Å². The van der Waals surface area contributed by atoms with Gasteiger partial charge in [-0.1, -0.05) is 41.7 Å². The van der Waals surface area contributed by atoms with Crippen LogP contribution in [0.5, 0.6) is 5.88 Å². The molecule has 0 bridgehead atoms. The van der Waals surface area contributed by atoms with Crippen molar-refractivity contribution in [2.24, 2.45) is 0 Å². The number of aryl methyl sites for hydroxylation is 2. The lowest BCUT2D eigenvalue weighted by molar-refractivity contribution is 0.401. The maximum Gasteiger partial charge on any atom is 0.228 e. The zero-order valence-corrected chi connectivity index (χ0v) is 15.0. The summed E-state index contributed by atoms with van der Waals surface area (Å²) in [4.78, 5) is 8.81. The van der Waals surface area contributed by atoms with Crippen LogP contribution >= 0.6 is 34.8 Å². The van der Waals surface area contributed by atoms with Crippen LogP contribution in [-0.4, -0.2) is 26.9 Å². The molecule has 0 fully saturated rings. The molecular weight excluding hydrogens is 359 g/mol. The third kappa shape index (κ3) is 2.73. The molecule has 2 aromatic heterocycles. The highest BCUT2D eigenvalue weighted by atomic mass is 35.5. The maximum atomic E-state index is 6.33. The average molecular weight is 372 g/mol. The Hall–Kier alpha value is -1.56. The summed E-state index contributed by atoms with van der Waals surface area (Å²) in [5.41, 5.74) is 1.93. The molecular formula is C15H13Cl3N4O. The van der Waals surface area contributed by atoms with Gasteiger partial charge < -0.3 is 4.74 Å². The van der Waals surface area contributed by atoms with Crippen molar-refractivity contribution in [2.75, 3.05) is 7.11 Å². The Morgan fingerprint density at radius 1 is 1.13 bits per heavy atom. The van der Waals surface area contributed by atoms with Crippen LogP contribution in [-0.2, 0) is 6.42 Å². The number of fused-ring (bicyclic) bond motifs is 1. The fourth-order valence-electron chi connectivity index (χ4n) is 2.44. The van der Waals surface area contributed by atoms with Crippen LogP contribution < -0.4 is 4.74 Å². The van der Waals surface area contributed by atoms with E-state index in [9.17, 15) is 0 Å². The molecule has 3 aromatic rings. The summed E-state index contributed by atoms with van der Waals surface area (Å²) in [6.45, 7) is 3.78. The summed E-state index contributed by atoms with van der Waals surface area (Å²) >= 11 is 18.7. The molecule has 0 amide bonds. The van der Waals surface area contributed by atoms with E-state index in [-0.39, 0.29) is 0 Å². The fraction of sp³-hybridized carbons (Fsp3) is 0.267. The normalized spacial score (nSPS) is 11.2. The minimum absolute atomic E-state index is 0.393. The number of nitrogens with zero attached hydrogens (tertiary/aromatic N) is 4. The minimum atomic E-state index is 0.393. The first-order valence-electron chi connectivity index (χ1n) is 6.91. The van der Waals surface area contributed by atoms with Crippen molar-refractivity contribution in [2.45, 2.75) is 20.3 Å². The molecule has 0 aliphatic carbocycles. The first kappa shape index (κ1) is 16.3. The predicted molar refractivity (Wildman–Crippen MR) is 92.4 cm³/mol. The predicted octanol–water partition coefficient (Wildman–Crippen LogP) is 4.66. The molecule has 120 valence electrons. The molecule has 0 N–H and O–H groups in total. The summed E-state index contributed by atoms with van der Waals surface area (Å²) in [6, 6.07) is 3.24. The van der Waals surface area contributed by atoms with Crippen molar-refractivity contribution in [3.63, 3.8) is 0 Å². The van der Waals surface area contributed by atoms with Crippen molar-refractivity contribution in [3.05, 3.63) is 38.7 Å². The number of hydrogen-bond donors (Lipinski definition) is 0. The molecule has 5 nitrogen and oxygen atoms in total. The van der Waals surface area contributed by atoms with Crippen LogP contribution in [0.25, 0.3) is 16.7 Å². The maximum absolute atomic E-state index is 6.33. The van der Waals surface area contributed by atoms with Gasteiger partial charge in [0.05, 0.1) is 22.8 Å². The van der Waals surface area contributed by atoms with Gasteiger partial charge in [-0.15, -0.1) is 0 Å². The molecule has 1 aromatic carbocycles. The molecule has 2 heterocycles. The topological polar surface area (TPSA) is 52.8 Å². The third-order valence-corrected chi connectivity index (χ3v) is 4.19. The van der Waals surface area contributed by atoms with E-state index in [2.05, 4.69) is 15.1 Å². The lowest BCUT2D eigenvalue weighted by atomic mass is 10.2. The van der Waals surface area contributed by atoms with Crippen molar-refractivity contribution in [1.29, 1.82) is 0 Å². The van der Waals surface area contributed by atoms with Gasteiger partial charge in [0.2, 0.25) is 5.88 Å². The van der Waals surface area contributed by atoms with Crippen LogP contribution in [0, 0.1) is 6.92 Å². The van der Waals surface area contributed by atoms with E-state index < -0.39 is 0 Å². The van der Waals surface area contributed by atoms with Gasteiger partial charge in [0.15, 0.2) is 5.65 Å². The fourth-order valence-corrected chi connectivity index (χ4v) is 3.42. The smallest absolute Gasteiger partial charge is 0.228 e. The molecule has 0 aliphatic heterocycles. The summed E-state index contributed by atoms with van der Waals surface area (Å²) in [6.07, 6.45) is 0.690. The van der Waals surface area contributed by atoms with Gasteiger partial charge >= 0.3 is 0 Å². The van der Waals surface area contributed by atoms with Gasteiger partial charge in [-0.05, 0) is 25.5 Å². The van der Waals surface area contributed by atoms with Gasteiger partial charge in [0, 0.05) is 5.02 Å². The van der Waals surface area contributed by atoms with Gasteiger partial charge in [-0.25, -0.2) is 9.67 Å². The van der Waals surface area contributed by atoms with Crippen molar-refractivity contribution < 1.29 is 4.74 Å². The van der Waals surface area contributed by atoms with E-state index >= 15 is 0 Å². The molecule has 8 heteroatoms. The lowest BCUT2D eigenvalue weighted by Gasteiger charge is -2.09. The van der Waals surface area contributed by atoms with E-state index in [1.54, 1.807) is 30.8 Å². The first-order chi connectivity index (χ1) is 11.0. The van der Waals surface area contributed by atoms with Crippen LogP contribution in [0.2, 0.25) is 15.1 Å². The Kier molecular flexibility index (Phi) is 4.36. The second-order valence-corrected chi connectivity index (χ2v) is 6.16. The van der Waals surface area contributed by atoms with Gasteiger partial charge in [-0.2, -0.15) is 10.1 Å². The number of rotatable bonds is 3. The minimum Gasteiger partial charge on any atom is -0.480 e. The molecule has 0 radical (unpaired) electrons. The summed E-state index contributed by atoms with van der Waals surface area (Å²) in [7, 11) is 1.57. The van der Waals surface area contributed by atoms with Gasteiger partial charge in [0.25, 0.3) is 0 Å². The molecule has 0 aliphatic rings. The number of methoxy groups -OCH3 is 1. The molecule has 3 rings (SSSR count). The zero-order valence-electron chi connectivity index (χ0n) is 12.7. The van der Waals surface area contributed by atoms with Crippen molar-refractivity contribution in [1.82, 2.24) is 19.7 Å². The SMILES string of the molecule is CCc1nn(-c2c(Cl)cc(Cl)cc2Cl)c2nc(C)nc(OC)c12. The van der Waals surface area contributed by atoms with Crippen molar-refractivity contribution in [3.8, 4) is 11.6 Å². The highest BCUT2D eigenvalue weighted by Gasteiger charge is 2.21. The number of benzene rings is 1. The first-order valence-corrected chi connectivity index (χ1v) is 8.04. The number of aromatic nitrogens is 4. The number of ether oxygens (including phenoxy) is 1. The van der Waals surface area contributed by atoms with E-state index in [0.29, 0.717) is 44.5 Å². The largest absolute Gasteiger partial charge is 0.480 e. The van der Waals surface area contributed by atoms with E-state index in [1.165, 1.54) is 0 Å². The van der Waals surface area contributed by atoms with Crippen LogP contribution in [0.4, 0.5) is 0 Å². The number of halogens is 3.